The molecule has 0 aliphatic heterocycles. The number of ether oxygens (including phenoxy) is 1. The van der Waals surface area contributed by atoms with Crippen molar-refractivity contribution in [2.45, 2.75) is 26.8 Å². The Balaban J connectivity index is 1.55. The van der Waals surface area contributed by atoms with E-state index in [0.717, 1.165) is 27.9 Å². The van der Waals surface area contributed by atoms with Crippen molar-refractivity contribution in [1.29, 1.82) is 0 Å². The van der Waals surface area contributed by atoms with E-state index in [9.17, 15) is 9.59 Å². The van der Waals surface area contributed by atoms with Crippen LogP contribution in [0.5, 0.6) is 5.75 Å². The Bertz CT molecular complexity index is 1030. The van der Waals surface area contributed by atoms with Crippen molar-refractivity contribution >= 4 is 16.9 Å². The van der Waals surface area contributed by atoms with Gasteiger partial charge in [-0.15, -0.1) is 0 Å². The molecule has 1 aromatic heterocycles. The lowest BCUT2D eigenvalue weighted by molar-refractivity contribution is -0.130. The second-order valence-electron chi connectivity index (χ2n) is 7.22. The number of imidazole rings is 1. The van der Waals surface area contributed by atoms with Crippen LogP contribution in [-0.2, 0) is 18.4 Å². The number of hydrogen-bond donors (Lipinski definition) is 0. The zero-order valence-corrected chi connectivity index (χ0v) is 16.9. The van der Waals surface area contributed by atoms with E-state index < -0.39 is 0 Å². The highest BCUT2D eigenvalue weighted by atomic mass is 16.5. The number of hydrogen-bond acceptors (Lipinski definition) is 3. The molecule has 3 aromatic rings. The van der Waals surface area contributed by atoms with Crippen LogP contribution in [0.2, 0.25) is 0 Å². The van der Waals surface area contributed by atoms with Crippen molar-refractivity contribution in [3.63, 3.8) is 0 Å². The highest BCUT2D eigenvalue weighted by molar-refractivity contribution is 5.77. The molecule has 6 nitrogen and oxygen atoms in total. The second kappa shape index (κ2) is 8.33. The van der Waals surface area contributed by atoms with Gasteiger partial charge < -0.3 is 9.64 Å². The van der Waals surface area contributed by atoms with E-state index >= 15 is 0 Å². The summed E-state index contributed by atoms with van der Waals surface area (Å²) in [4.78, 5) is 26.6. The number of aryl methyl sites for hydroxylation is 4. The first-order valence-corrected chi connectivity index (χ1v) is 9.46. The van der Waals surface area contributed by atoms with Crippen LogP contribution in [0.3, 0.4) is 0 Å². The van der Waals surface area contributed by atoms with E-state index in [0.29, 0.717) is 19.7 Å². The number of rotatable bonds is 7. The highest BCUT2D eigenvalue weighted by Gasteiger charge is 2.13. The van der Waals surface area contributed by atoms with E-state index in [2.05, 4.69) is 6.07 Å². The van der Waals surface area contributed by atoms with Gasteiger partial charge in [0.15, 0.2) is 0 Å². The lowest BCUT2D eigenvalue weighted by Crippen LogP contribution is -2.32. The number of nitrogens with zero attached hydrogens (tertiary/aromatic N) is 3. The molecule has 0 atom stereocenters. The van der Waals surface area contributed by atoms with Crippen LogP contribution >= 0.6 is 0 Å². The third kappa shape index (κ3) is 4.27. The summed E-state index contributed by atoms with van der Waals surface area (Å²) in [6.45, 7) is 5.35. The van der Waals surface area contributed by atoms with Crippen LogP contribution in [0.15, 0.2) is 47.3 Å². The SMILES string of the molecule is Cc1cc(C)cc(OCCN(C)C(=O)CCn2c(=O)n(C)c3ccccc32)c1. The first kappa shape index (κ1) is 19.7. The van der Waals surface area contributed by atoms with E-state index in [1.807, 2.05) is 50.2 Å². The van der Waals surface area contributed by atoms with Gasteiger partial charge in [0, 0.05) is 27.1 Å². The van der Waals surface area contributed by atoms with E-state index in [4.69, 9.17) is 4.74 Å². The lowest BCUT2D eigenvalue weighted by atomic mass is 10.1. The molecule has 0 N–H and O–H groups in total. The Morgan fingerprint density at radius 2 is 1.71 bits per heavy atom. The molecule has 148 valence electrons. The molecule has 0 aliphatic rings. The van der Waals surface area contributed by atoms with Crippen molar-refractivity contribution in [2.75, 3.05) is 20.2 Å². The molecule has 0 bridgehead atoms. The second-order valence-corrected chi connectivity index (χ2v) is 7.22. The Morgan fingerprint density at radius 3 is 2.39 bits per heavy atom. The zero-order valence-electron chi connectivity index (χ0n) is 16.9. The van der Waals surface area contributed by atoms with Gasteiger partial charge >= 0.3 is 5.69 Å². The first-order valence-electron chi connectivity index (χ1n) is 9.46. The maximum atomic E-state index is 12.5. The lowest BCUT2D eigenvalue weighted by Gasteiger charge is -2.18. The molecule has 0 saturated heterocycles. The molecule has 1 heterocycles. The summed E-state index contributed by atoms with van der Waals surface area (Å²) in [5.74, 6) is 0.810. The summed E-state index contributed by atoms with van der Waals surface area (Å²) in [7, 11) is 3.51. The average Bonchev–Trinajstić information content (AvgIpc) is 2.90. The number of fused-ring (bicyclic) bond motifs is 1. The first-order chi connectivity index (χ1) is 13.4. The van der Waals surface area contributed by atoms with Crippen LogP contribution in [0, 0.1) is 13.8 Å². The van der Waals surface area contributed by atoms with Crippen LogP contribution in [0.25, 0.3) is 11.0 Å². The molecule has 0 aliphatic carbocycles. The van der Waals surface area contributed by atoms with Gasteiger partial charge in [-0.2, -0.15) is 0 Å². The van der Waals surface area contributed by atoms with Crippen LogP contribution in [0.1, 0.15) is 17.5 Å². The van der Waals surface area contributed by atoms with E-state index in [-0.39, 0.29) is 18.0 Å². The Hall–Kier alpha value is -3.02. The predicted molar refractivity (Wildman–Crippen MR) is 111 cm³/mol. The van der Waals surface area contributed by atoms with Crippen molar-refractivity contribution in [3.05, 3.63) is 64.1 Å². The van der Waals surface area contributed by atoms with Gasteiger partial charge in [-0.3, -0.25) is 13.9 Å². The van der Waals surface area contributed by atoms with E-state index in [1.165, 1.54) is 0 Å². The van der Waals surface area contributed by atoms with Gasteiger partial charge in [-0.25, -0.2) is 4.79 Å². The number of likely N-dealkylation sites (N-methyl/N-ethyl adjacent to an activating group) is 1. The Kier molecular flexibility index (Phi) is 5.87. The molecule has 6 heteroatoms. The van der Waals surface area contributed by atoms with Gasteiger partial charge in [0.1, 0.15) is 12.4 Å². The molecule has 0 radical (unpaired) electrons. The van der Waals surface area contributed by atoms with Crippen LogP contribution < -0.4 is 10.4 Å². The quantitative estimate of drug-likeness (QED) is 0.632. The molecule has 0 saturated carbocycles. The Morgan fingerprint density at radius 1 is 1.07 bits per heavy atom. The summed E-state index contributed by atoms with van der Waals surface area (Å²) >= 11 is 0. The summed E-state index contributed by atoms with van der Waals surface area (Å²) < 4.78 is 9.05. The number of benzene rings is 2. The fraction of sp³-hybridized carbons (Fsp3) is 0.364. The van der Waals surface area contributed by atoms with Gasteiger partial charge in [0.2, 0.25) is 5.91 Å². The van der Waals surface area contributed by atoms with Gasteiger partial charge in [-0.1, -0.05) is 18.2 Å². The topological polar surface area (TPSA) is 56.5 Å². The summed E-state index contributed by atoms with van der Waals surface area (Å²) in [6.07, 6.45) is 0.272. The van der Waals surface area contributed by atoms with Crippen molar-refractivity contribution in [2.24, 2.45) is 7.05 Å². The fourth-order valence-corrected chi connectivity index (χ4v) is 3.42. The molecular weight excluding hydrogens is 354 g/mol. The van der Waals surface area contributed by atoms with Crippen molar-refractivity contribution in [1.82, 2.24) is 14.0 Å². The average molecular weight is 381 g/mol. The smallest absolute Gasteiger partial charge is 0.328 e. The Labute approximate surface area is 164 Å². The summed E-state index contributed by atoms with van der Waals surface area (Å²) in [6, 6.07) is 13.7. The number of amides is 1. The number of aromatic nitrogens is 2. The molecule has 0 spiro atoms. The summed E-state index contributed by atoms with van der Waals surface area (Å²) in [5, 5.41) is 0. The molecule has 3 rings (SSSR count). The molecule has 28 heavy (non-hydrogen) atoms. The third-order valence-corrected chi connectivity index (χ3v) is 4.92. The maximum absolute atomic E-state index is 12.5. The van der Waals surface area contributed by atoms with Crippen LogP contribution in [-0.4, -0.2) is 40.1 Å². The number of para-hydroxylation sites is 2. The molecule has 0 fully saturated rings. The normalized spacial score (nSPS) is 11.0. The van der Waals surface area contributed by atoms with Crippen molar-refractivity contribution < 1.29 is 9.53 Å². The van der Waals surface area contributed by atoms with Gasteiger partial charge in [0.05, 0.1) is 17.6 Å². The predicted octanol–water partition coefficient (Wildman–Crippen LogP) is 2.88. The largest absolute Gasteiger partial charge is 0.492 e. The molecule has 0 unspecified atom stereocenters. The molecular formula is C22H27N3O3. The molecule has 1 amide bonds. The summed E-state index contributed by atoms with van der Waals surface area (Å²) in [5.41, 5.74) is 3.92. The van der Waals surface area contributed by atoms with Gasteiger partial charge in [0.25, 0.3) is 0 Å². The number of carbonyl (C=O) groups excluding carboxylic acids is 1. The highest BCUT2D eigenvalue weighted by Crippen LogP contribution is 2.16. The third-order valence-electron chi connectivity index (χ3n) is 4.92. The maximum Gasteiger partial charge on any atom is 0.328 e. The van der Waals surface area contributed by atoms with E-state index in [1.54, 1.807) is 28.1 Å². The minimum atomic E-state index is -0.102. The fourth-order valence-electron chi connectivity index (χ4n) is 3.42. The standard InChI is InChI=1S/C22H27N3O3/c1-16-13-17(2)15-18(14-16)28-12-11-23(3)21(26)9-10-25-20-8-6-5-7-19(20)24(4)22(25)27/h5-8,13-15H,9-12H2,1-4H3. The minimum absolute atomic E-state index is 0.0103. The monoisotopic (exact) mass is 381 g/mol. The van der Waals surface area contributed by atoms with Crippen molar-refractivity contribution in [3.8, 4) is 5.75 Å². The number of carbonyl (C=O) groups is 1. The minimum Gasteiger partial charge on any atom is -0.492 e. The molecule has 2 aromatic carbocycles. The van der Waals surface area contributed by atoms with Gasteiger partial charge in [-0.05, 0) is 49.2 Å². The van der Waals surface area contributed by atoms with Crippen LogP contribution in [0.4, 0.5) is 0 Å². The zero-order chi connectivity index (χ0) is 20.3.